The van der Waals surface area contributed by atoms with Crippen molar-refractivity contribution in [3.05, 3.63) is 34.4 Å². The first kappa shape index (κ1) is 14.2. The van der Waals surface area contributed by atoms with Crippen LogP contribution in [0.4, 0.5) is 0 Å². The fraction of sp³-hybridized carbons (Fsp3) is 0.429. The van der Waals surface area contributed by atoms with E-state index in [9.17, 15) is 9.59 Å². The first-order valence-electron chi connectivity index (χ1n) is 6.03. The molecule has 0 spiro atoms. The third kappa shape index (κ3) is 2.70. The topological polar surface area (TPSA) is 86.2 Å². The lowest BCUT2D eigenvalue weighted by Gasteiger charge is -2.17. The van der Waals surface area contributed by atoms with Crippen LogP contribution in [-0.4, -0.2) is 11.8 Å². The summed E-state index contributed by atoms with van der Waals surface area (Å²) in [6, 6.07) is 3.60. The maximum Gasteiger partial charge on any atom is 0.249 e. The Morgan fingerprint density at radius 2 is 1.50 bits per heavy atom. The summed E-state index contributed by atoms with van der Waals surface area (Å²) in [7, 11) is 0. The molecule has 0 fully saturated rings. The maximum atomic E-state index is 11.5. The highest BCUT2D eigenvalue weighted by molar-refractivity contribution is 6.07. The number of amides is 2. The molecular formula is C14H20N2O2. The monoisotopic (exact) mass is 248 g/mol. The van der Waals surface area contributed by atoms with E-state index in [4.69, 9.17) is 11.5 Å². The van der Waals surface area contributed by atoms with Gasteiger partial charge in [0.1, 0.15) is 0 Å². The van der Waals surface area contributed by atoms with Crippen LogP contribution in [0, 0.1) is 0 Å². The van der Waals surface area contributed by atoms with E-state index in [0.29, 0.717) is 0 Å². The van der Waals surface area contributed by atoms with Gasteiger partial charge in [-0.3, -0.25) is 9.59 Å². The second kappa shape index (κ2) is 5.21. The Labute approximate surface area is 107 Å². The van der Waals surface area contributed by atoms with Gasteiger partial charge in [0.15, 0.2) is 0 Å². The molecule has 1 aromatic carbocycles. The molecule has 0 heterocycles. The third-order valence-corrected chi connectivity index (χ3v) is 2.99. The van der Waals surface area contributed by atoms with E-state index in [1.54, 1.807) is 6.07 Å². The number of hydrogen-bond donors (Lipinski definition) is 2. The van der Waals surface area contributed by atoms with Gasteiger partial charge in [0.05, 0.1) is 11.1 Å². The summed E-state index contributed by atoms with van der Waals surface area (Å²) in [6.45, 7) is 7.95. The minimum atomic E-state index is -0.617. The normalized spacial score (nSPS) is 11.0. The maximum absolute atomic E-state index is 11.5. The number of carbonyl (C=O) groups is 2. The molecule has 0 aliphatic rings. The van der Waals surface area contributed by atoms with Gasteiger partial charge < -0.3 is 11.5 Å². The van der Waals surface area contributed by atoms with Crippen molar-refractivity contribution >= 4 is 11.8 Å². The summed E-state index contributed by atoms with van der Waals surface area (Å²) in [5.74, 6) is -0.872. The Morgan fingerprint density at radius 3 is 1.83 bits per heavy atom. The number of rotatable bonds is 4. The molecule has 0 saturated carbocycles. The van der Waals surface area contributed by atoms with Crippen LogP contribution in [0.5, 0.6) is 0 Å². The zero-order chi connectivity index (χ0) is 14.0. The van der Waals surface area contributed by atoms with Gasteiger partial charge in [-0.05, 0) is 29.0 Å². The van der Waals surface area contributed by atoms with Gasteiger partial charge in [-0.2, -0.15) is 0 Å². The molecule has 18 heavy (non-hydrogen) atoms. The summed E-state index contributed by atoms with van der Waals surface area (Å²) in [4.78, 5) is 23.0. The molecule has 1 rings (SSSR count). The first-order valence-corrected chi connectivity index (χ1v) is 6.03. The average Bonchev–Trinajstić information content (AvgIpc) is 2.26. The fourth-order valence-corrected chi connectivity index (χ4v) is 1.95. The first-order chi connectivity index (χ1) is 8.25. The molecule has 4 heteroatoms. The van der Waals surface area contributed by atoms with Gasteiger partial charge in [0, 0.05) is 0 Å². The Hall–Kier alpha value is -1.84. The van der Waals surface area contributed by atoms with E-state index in [-0.39, 0.29) is 23.0 Å². The SMILES string of the molecule is CC(C)c1cc(C(N)=O)c(C(N)=O)c(C(C)C)c1. The molecule has 4 nitrogen and oxygen atoms in total. The largest absolute Gasteiger partial charge is 0.366 e. The Kier molecular flexibility index (Phi) is 4.11. The van der Waals surface area contributed by atoms with Crippen molar-refractivity contribution in [3.8, 4) is 0 Å². The van der Waals surface area contributed by atoms with Crippen molar-refractivity contribution in [2.45, 2.75) is 39.5 Å². The summed E-state index contributed by atoms with van der Waals surface area (Å²) >= 11 is 0. The van der Waals surface area contributed by atoms with Crippen LogP contribution in [-0.2, 0) is 0 Å². The molecule has 0 saturated heterocycles. The molecule has 0 aliphatic heterocycles. The molecule has 2 amide bonds. The zero-order valence-electron chi connectivity index (χ0n) is 11.3. The van der Waals surface area contributed by atoms with E-state index in [0.717, 1.165) is 11.1 Å². The van der Waals surface area contributed by atoms with Crippen LogP contribution in [0.15, 0.2) is 12.1 Å². The highest BCUT2D eigenvalue weighted by Crippen LogP contribution is 2.27. The van der Waals surface area contributed by atoms with E-state index in [1.807, 2.05) is 33.8 Å². The predicted molar refractivity (Wildman–Crippen MR) is 71.7 cm³/mol. The van der Waals surface area contributed by atoms with Crippen molar-refractivity contribution in [2.24, 2.45) is 11.5 Å². The Bertz CT molecular complexity index is 491. The summed E-state index contributed by atoms with van der Waals surface area (Å²) in [6.07, 6.45) is 0. The second-order valence-corrected chi connectivity index (χ2v) is 5.07. The molecule has 0 bridgehead atoms. The Morgan fingerprint density at radius 1 is 0.944 bits per heavy atom. The van der Waals surface area contributed by atoms with Gasteiger partial charge in [0.2, 0.25) is 11.8 Å². The van der Waals surface area contributed by atoms with Crippen molar-refractivity contribution < 1.29 is 9.59 Å². The number of primary amides is 2. The van der Waals surface area contributed by atoms with Gasteiger partial charge in [-0.1, -0.05) is 33.8 Å². The fourth-order valence-electron chi connectivity index (χ4n) is 1.95. The molecular weight excluding hydrogens is 228 g/mol. The van der Waals surface area contributed by atoms with E-state index in [2.05, 4.69) is 0 Å². The molecule has 0 atom stereocenters. The predicted octanol–water partition coefficient (Wildman–Crippen LogP) is 2.13. The number of benzene rings is 1. The molecule has 4 N–H and O–H groups in total. The smallest absolute Gasteiger partial charge is 0.249 e. The van der Waals surface area contributed by atoms with Crippen molar-refractivity contribution in [2.75, 3.05) is 0 Å². The highest BCUT2D eigenvalue weighted by Gasteiger charge is 2.21. The lowest BCUT2D eigenvalue weighted by Crippen LogP contribution is -2.23. The molecule has 98 valence electrons. The van der Waals surface area contributed by atoms with Crippen LogP contribution in [0.1, 0.15) is 71.4 Å². The van der Waals surface area contributed by atoms with Crippen LogP contribution in [0.2, 0.25) is 0 Å². The van der Waals surface area contributed by atoms with Crippen LogP contribution < -0.4 is 11.5 Å². The summed E-state index contributed by atoms with van der Waals surface area (Å²) < 4.78 is 0. The number of hydrogen-bond acceptors (Lipinski definition) is 2. The third-order valence-electron chi connectivity index (χ3n) is 2.99. The van der Waals surface area contributed by atoms with Gasteiger partial charge in [-0.25, -0.2) is 0 Å². The van der Waals surface area contributed by atoms with Crippen molar-refractivity contribution in [1.82, 2.24) is 0 Å². The molecule has 1 aromatic rings. The quantitative estimate of drug-likeness (QED) is 0.855. The van der Waals surface area contributed by atoms with E-state index in [1.165, 1.54) is 0 Å². The van der Waals surface area contributed by atoms with Crippen LogP contribution in [0.25, 0.3) is 0 Å². The van der Waals surface area contributed by atoms with Crippen LogP contribution >= 0.6 is 0 Å². The summed E-state index contributed by atoms with van der Waals surface area (Å²) in [5.41, 5.74) is 12.9. The minimum absolute atomic E-state index is 0.101. The van der Waals surface area contributed by atoms with E-state index < -0.39 is 11.8 Å². The summed E-state index contributed by atoms with van der Waals surface area (Å²) in [5, 5.41) is 0. The molecule has 0 aromatic heterocycles. The minimum Gasteiger partial charge on any atom is -0.366 e. The average molecular weight is 248 g/mol. The van der Waals surface area contributed by atoms with Crippen LogP contribution in [0.3, 0.4) is 0 Å². The highest BCUT2D eigenvalue weighted by atomic mass is 16.2. The molecule has 0 unspecified atom stereocenters. The lowest BCUT2D eigenvalue weighted by molar-refractivity contribution is 0.0966. The molecule has 0 aliphatic carbocycles. The van der Waals surface area contributed by atoms with Gasteiger partial charge in [0.25, 0.3) is 0 Å². The standard InChI is InChI=1S/C14H20N2O2/c1-7(2)9-5-10(8(3)4)12(14(16)18)11(6-9)13(15)17/h5-8H,1-4H3,(H2,15,17)(H2,16,18). The number of carbonyl (C=O) groups excluding carboxylic acids is 2. The van der Waals surface area contributed by atoms with Gasteiger partial charge >= 0.3 is 0 Å². The van der Waals surface area contributed by atoms with Gasteiger partial charge in [-0.15, -0.1) is 0 Å². The Balaban J connectivity index is 3.65. The molecule has 0 radical (unpaired) electrons. The second-order valence-electron chi connectivity index (χ2n) is 5.07. The lowest BCUT2D eigenvalue weighted by atomic mass is 9.87. The van der Waals surface area contributed by atoms with E-state index >= 15 is 0 Å². The zero-order valence-corrected chi connectivity index (χ0v) is 11.3. The number of nitrogens with two attached hydrogens (primary N) is 2. The van der Waals surface area contributed by atoms with Crippen molar-refractivity contribution in [1.29, 1.82) is 0 Å². The van der Waals surface area contributed by atoms with Crippen molar-refractivity contribution in [3.63, 3.8) is 0 Å².